The Morgan fingerprint density at radius 3 is 2.59 bits per heavy atom. The Hall–Kier alpha value is -2.93. The highest BCUT2D eigenvalue weighted by Gasteiger charge is 2.26. The van der Waals surface area contributed by atoms with Gasteiger partial charge in [-0.05, 0) is 55.3 Å². The Morgan fingerprint density at radius 2 is 1.83 bits per heavy atom. The summed E-state index contributed by atoms with van der Waals surface area (Å²) in [6.45, 7) is 2.32. The summed E-state index contributed by atoms with van der Waals surface area (Å²) in [7, 11) is 3.46. The maximum Gasteiger partial charge on any atom is 0.328 e. The lowest BCUT2D eigenvalue weighted by molar-refractivity contribution is -0.121. The molecule has 1 fully saturated rings. The molecule has 0 bridgehead atoms. The predicted octanol–water partition coefficient (Wildman–Crippen LogP) is 2.87. The zero-order valence-electron chi connectivity index (χ0n) is 16.7. The van der Waals surface area contributed by atoms with Crippen LogP contribution in [0.25, 0.3) is 11.0 Å². The van der Waals surface area contributed by atoms with E-state index in [0.29, 0.717) is 18.8 Å². The van der Waals surface area contributed by atoms with Gasteiger partial charge in [0, 0.05) is 32.9 Å². The van der Waals surface area contributed by atoms with Gasteiger partial charge in [0.1, 0.15) is 5.82 Å². The fraction of sp³-hybridized carbons (Fsp3) is 0.364. The number of carbonyl (C=O) groups is 1. The third-order valence-corrected chi connectivity index (χ3v) is 5.74. The lowest BCUT2D eigenvalue weighted by Crippen LogP contribution is -2.40. The first-order chi connectivity index (χ1) is 13.9. The number of hydrogen-bond acceptors (Lipinski definition) is 3. The van der Waals surface area contributed by atoms with E-state index in [1.54, 1.807) is 35.4 Å². The number of halogens is 1. The van der Waals surface area contributed by atoms with Crippen LogP contribution in [0.4, 0.5) is 10.1 Å². The second-order valence-electron chi connectivity index (χ2n) is 7.79. The highest BCUT2D eigenvalue weighted by atomic mass is 19.1. The molecule has 1 amide bonds. The molecular weight excluding hydrogens is 371 g/mol. The van der Waals surface area contributed by atoms with Crippen LogP contribution in [0.1, 0.15) is 18.4 Å². The molecule has 1 aliphatic rings. The van der Waals surface area contributed by atoms with Gasteiger partial charge < -0.3 is 5.32 Å². The molecule has 0 spiro atoms. The first-order valence-electron chi connectivity index (χ1n) is 9.85. The molecule has 0 saturated carbocycles. The van der Waals surface area contributed by atoms with E-state index in [0.717, 1.165) is 36.0 Å². The molecule has 152 valence electrons. The number of amides is 1. The Bertz CT molecular complexity index is 1100. The molecule has 6 nitrogen and oxygen atoms in total. The van der Waals surface area contributed by atoms with E-state index in [9.17, 15) is 14.0 Å². The number of benzene rings is 2. The molecule has 1 atom stereocenters. The third-order valence-electron chi connectivity index (χ3n) is 5.74. The fourth-order valence-corrected chi connectivity index (χ4v) is 4.09. The number of anilines is 1. The SMILES string of the molecule is Cn1c(=O)n(C)c2cc(NC(=O)C3CCCN(Cc4ccc(F)cc4)C3)ccc21. The Kier molecular flexibility index (Phi) is 5.24. The first kappa shape index (κ1) is 19.4. The summed E-state index contributed by atoms with van der Waals surface area (Å²) in [4.78, 5) is 27.2. The summed E-state index contributed by atoms with van der Waals surface area (Å²) in [6, 6.07) is 12.0. The number of carbonyl (C=O) groups excluding carboxylic acids is 1. The normalized spacial score (nSPS) is 17.6. The molecule has 3 aromatic rings. The number of hydrogen-bond donors (Lipinski definition) is 1. The van der Waals surface area contributed by atoms with Crippen molar-refractivity contribution in [3.8, 4) is 0 Å². The van der Waals surface area contributed by atoms with Crippen molar-refractivity contribution in [2.24, 2.45) is 20.0 Å². The Balaban J connectivity index is 1.44. The fourth-order valence-electron chi connectivity index (χ4n) is 4.09. The van der Waals surface area contributed by atoms with Crippen LogP contribution in [0.2, 0.25) is 0 Å². The van der Waals surface area contributed by atoms with Gasteiger partial charge in [-0.3, -0.25) is 18.8 Å². The van der Waals surface area contributed by atoms with Crippen LogP contribution in [0.3, 0.4) is 0 Å². The van der Waals surface area contributed by atoms with Gasteiger partial charge in [0.25, 0.3) is 0 Å². The molecular formula is C22H25FN4O2. The molecule has 1 N–H and O–H groups in total. The van der Waals surface area contributed by atoms with E-state index >= 15 is 0 Å². The number of nitrogens with one attached hydrogen (secondary N) is 1. The van der Waals surface area contributed by atoms with Crippen LogP contribution in [0.15, 0.2) is 47.3 Å². The minimum Gasteiger partial charge on any atom is -0.326 e. The van der Waals surface area contributed by atoms with Crippen molar-refractivity contribution in [2.75, 3.05) is 18.4 Å². The highest BCUT2D eigenvalue weighted by Crippen LogP contribution is 2.22. The molecule has 4 rings (SSSR count). The predicted molar refractivity (Wildman–Crippen MR) is 111 cm³/mol. The van der Waals surface area contributed by atoms with Gasteiger partial charge in [-0.15, -0.1) is 0 Å². The van der Waals surface area contributed by atoms with E-state index < -0.39 is 0 Å². The molecule has 7 heteroatoms. The summed E-state index contributed by atoms with van der Waals surface area (Å²) < 4.78 is 16.3. The lowest BCUT2D eigenvalue weighted by Gasteiger charge is -2.32. The number of aromatic nitrogens is 2. The first-order valence-corrected chi connectivity index (χ1v) is 9.85. The topological polar surface area (TPSA) is 59.3 Å². The molecule has 1 unspecified atom stereocenters. The van der Waals surface area contributed by atoms with Crippen molar-refractivity contribution in [1.29, 1.82) is 0 Å². The van der Waals surface area contributed by atoms with E-state index in [4.69, 9.17) is 0 Å². The van der Waals surface area contributed by atoms with Crippen molar-refractivity contribution in [1.82, 2.24) is 14.0 Å². The number of nitrogens with zero attached hydrogens (tertiary/aromatic N) is 3. The van der Waals surface area contributed by atoms with Crippen molar-refractivity contribution in [2.45, 2.75) is 19.4 Å². The lowest BCUT2D eigenvalue weighted by atomic mass is 9.96. The second-order valence-corrected chi connectivity index (χ2v) is 7.79. The molecule has 2 heterocycles. The molecule has 1 saturated heterocycles. The average molecular weight is 396 g/mol. The summed E-state index contributed by atoms with van der Waals surface area (Å²) in [5, 5.41) is 3.01. The van der Waals surface area contributed by atoms with Crippen LogP contribution in [0.5, 0.6) is 0 Å². The van der Waals surface area contributed by atoms with Gasteiger partial charge in [-0.1, -0.05) is 12.1 Å². The van der Waals surface area contributed by atoms with E-state index in [1.165, 1.54) is 12.1 Å². The molecule has 0 radical (unpaired) electrons. The van der Waals surface area contributed by atoms with Gasteiger partial charge >= 0.3 is 5.69 Å². The quantitative estimate of drug-likeness (QED) is 0.738. The monoisotopic (exact) mass is 396 g/mol. The zero-order chi connectivity index (χ0) is 20.5. The summed E-state index contributed by atoms with van der Waals surface area (Å²) in [5.41, 5.74) is 3.27. The molecule has 0 aliphatic carbocycles. The van der Waals surface area contributed by atoms with Gasteiger partial charge in [0.2, 0.25) is 5.91 Å². The van der Waals surface area contributed by atoms with Gasteiger partial charge in [-0.2, -0.15) is 0 Å². The minimum atomic E-state index is -0.238. The highest BCUT2D eigenvalue weighted by molar-refractivity contribution is 5.94. The molecule has 2 aromatic carbocycles. The van der Waals surface area contributed by atoms with Crippen molar-refractivity contribution < 1.29 is 9.18 Å². The minimum absolute atomic E-state index is 0.00547. The van der Waals surface area contributed by atoms with Crippen molar-refractivity contribution >= 4 is 22.6 Å². The van der Waals surface area contributed by atoms with E-state index in [-0.39, 0.29) is 23.3 Å². The van der Waals surface area contributed by atoms with Crippen LogP contribution in [-0.2, 0) is 25.4 Å². The number of rotatable bonds is 4. The second kappa shape index (κ2) is 7.83. The number of piperidine rings is 1. The van der Waals surface area contributed by atoms with E-state index in [1.807, 2.05) is 18.2 Å². The van der Waals surface area contributed by atoms with Crippen molar-refractivity contribution in [3.63, 3.8) is 0 Å². The number of aryl methyl sites for hydroxylation is 2. The van der Waals surface area contributed by atoms with Gasteiger partial charge in [0.15, 0.2) is 0 Å². The molecule has 1 aliphatic heterocycles. The summed E-state index contributed by atoms with van der Waals surface area (Å²) in [5.74, 6) is -0.342. The average Bonchev–Trinajstić information content (AvgIpc) is 2.94. The van der Waals surface area contributed by atoms with Gasteiger partial charge in [-0.25, -0.2) is 9.18 Å². The maximum atomic E-state index is 13.1. The van der Waals surface area contributed by atoms with E-state index in [2.05, 4.69) is 10.2 Å². The summed E-state index contributed by atoms with van der Waals surface area (Å²) in [6.07, 6.45) is 1.79. The van der Waals surface area contributed by atoms with Crippen LogP contribution < -0.4 is 11.0 Å². The number of likely N-dealkylation sites (tertiary alicyclic amines) is 1. The molecule has 29 heavy (non-hydrogen) atoms. The zero-order valence-corrected chi connectivity index (χ0v) is 16.7. The van der Waals surface area contributed by atoms with Crippen LogP contribution in [-0.4, -0.2) is 33.0 Å². The number of imidazole rings is 1. The summed E-state index contributed by atoms with van der Waals surface area (Å²) >= 11 is 0. The number of fused-ring (bicyclic) bond motifs is 1. The smallest absolute Gasteiger partial charge is 0.326 e. The third kappa shape index (κ3) is 3.96. The van der Waals surface area contributed by atoms with Crippen molar-refractivity contribution in [3.05, 3.63) is 64.3 Å². The largest absolute Gasteiger partial charge is 0.328 e. The van der Waals surface area contributed by atoms with Crippen LogP contribution in [0, 0.1) is 11.7 Å². The van der Waals surface area contributed by atoms with Crippen LogP contribution >= 0.6 is 0 Å². The standard InChI is InChI=1S/C22H25FN4O2/c1-25-19-10-9-18(12-20(19)26(2)22(25)29)24-21(28)16-4-3-11-27(14-16)13-15-5-7-17(23)8-6-15/h5-10,12,16H,3-4,11,13-14H2,1-2H3,(H,24,28). The molecule has 1 aromatic heterocycles. The maximum absolute atomic E-state index is 13.1. The Labute approximate surface area is 168 Å². The van der Waals surface area contributed by atoms with Gasteiger partial charge in [0.05, 0.1) is 17.0 Å². The Morgan fingerprint density at radius 1 is 1.10 bits per heavy atom.